The molecule has 0 atom stereocenters. The molecule has 10 heteroatoms. The van der Waals surface area contributed by atoms with Gasteiger partial charge in [-0.05, 0) is 51.1 Å². The maximum atomic E-state index is 12.5. The molecule has 0 saturated heterocycles. The number of aromatic nitrogens is 2. The molecule has 0 fully saturated rings. The van der Waals surface area contributed by atoms with E-state index in [1.54, 1.807) is 26.8 Å². The van der Waals surface area contributed by atoms with Crippen LogP contribution in [0.2, 0.25) is 0 Å². The normalized spacial score (nSPS) is 11.2. The summed E-state index contributed by atoms with van der Waals surface area (Å²) < 4.78 is 31.9. The van der Waals surface area contributed by atoms with Gasteiger partial charge in [-0.15, -0.1) is 0 Å². The summed E-state index contributed by atoms with van der Waals surface area (Å²) in [7, 11) is -3.88. The zero-order valence-corrected chi connectivity index (χ0v) is 16.4. The van der Waals surface area contributed by atoms with Crippen molar-refractivity contribution in [3.63, 3.8) is 0 Å². The standard InChI is InChI=1S/C18H20N4O5S/c1-4-27-17(24)10-9-16(23)21-14-5-7-15(8-6-14)28(25,26)22-18-19-12(2)11-13(3)20-18/h5-11H,4H2,1-3H3,(H,21,23)(H,19,20,22)/b10-9+. The van der Waals surface area contributed by atoms with Gasteiger partial charge in [-0.3, -0.25) is 4.79 Å². The smallest absolute Gasteiger partial charge is 0.330 e. The number of rotatable bonds is 7. The summed E-state index contributed by atoms with van der Waals surface area (Å²) in [5, 5.41) is 2.51. The minimum atomic E-state index is -3.88. The molecule has 2 rings (SSSR count). The number of anilines is 2. The Bertz CT molecular complexity index is 981. The lowest BCUT2D eigenvalue weighted by molar-refractivity contribution is -0.137. The molecule has 0 aliphatic heterocycles. The van der Waals surface area contributed by atoms with Crippen LogP contribution in [0.4, 0.5) is 11.6 Å². The number of carbonyl (C=O) groups excluding carboxylic acids is 2. The fourth-order valence-corrected chi connectivity index (χ4v) is 3.13. The van der Waals surface area contributed by atoms with Crippen LogP contribution in [0.25, 0.3) is 0 Å². The lowest BCUT2D eigenvalue weighted by atomic mass is 10.3. The van der Waals surface area contributed by atoms with Gasteiger partial charge in [0, 0.05) is 29.2 Å². The van der Waals surface area contributed by atoms with Gasteiger partial charge in [0.05, 0.1) is 11.5 Å². The van der Waals surface area contributed by atoms with Crippen LogP contribution in [0.15, 0.2) is 47.4 Å². The van der Waals surface area contributed by atoms with E-state index in [9.17, 15) is 18.0 Å². The molecule has 2 N–H and O–H groups in total. The van der Waals surface area contributed by atoms with Gasteiger partial charge in [0.2, 0.25) is 11.9 Å². The predicted molar refractivity (Wildman–Crippen MR) is 103 cm³/mol. The Hall–Kier alpha value is -3.27. The largest absolute Gasteiger partial charge is 0.463 e. The van der Waals surface area contributed by atoms with Crippen LogP contribution in [-0.2, 0) is 24.3 Å². The van der Waals surface area contributed by atoms with Crippen LogP contribution in [0.1, 0.15) is 18.3 Å². The van der Waals surface area contributed by atoms with Crippen molar-refractivity contribution in [2.24, 2.45) is 0 Å². The van der Waals surface area contributed by atoms with Crippen LogP contribution < -0.4 is 10.0 Å². The molecule has 1 amide bonds. The van der Waals surface area contributed by atoms with Crippen molar-refractivity contribution in [3.05, 3.63) is 53.9 Å². The van der Waals surface area contributed by atoms with Gasteiger partial charge in [0.25, 0.3) is 10.0 Å². The maximum Gasteiger partial charge on any atom is 0.330 e. The van der Waals surface area contributed by atoms with Gasteiger partial charge >= 0.3 is 5.97 Å². The summed E-state index contributed by atoms with van der Waals surface area (Å²) in [6.07, 6.45) is 2.03. The van der Waals surface area contributed by atoms with E-state index in [0.717, 1.165) is 12.2 Å². The second kappa shape index (κ2) is 9.09. The lowest BCUT2D eigenvalue weighted by Gasteiger charge is -2.09. The number of hydrogen-bond donors (Lipinski definition) is 2. The molecule has 0 spiro atoms. The average molecular weight is 404 g/mol. The maximum absolute atomic E-state index is 12.5. The number of nitrogens with zero attached hydrogens (tertiary/aromatic N) is 2. The number of sulfonamides is 1. The summed E-state index contributed by atoms with van der Waals surface area (Å²) in [6.45, 7) is 5.34. The van der Waals surface area contributed by atoms with E-state index >= 15 is 0 Å². The van der Waals surface area contributed by atoms with Crippen molar-refractivity contribution in [3.8, 4) is 0 Å². The van der Waals surface area contributed by atoms with E-state index < -0.39 is 21.9 Å². The summed E-state index contributed by atoms with van der Waals surface area (Å²) in [5.74, 6) is -1.19. The average Bonchev–Trinajstić information content (AvgIpc) is 2.59. The summed E-state index contributed by atoms with van der Waals surface area (Å²) >= 11 is 0. The molecule has 28 heavy (non-hydrogen) atoms. The first-order chi connectivity index (χ1) is 13.2. The Labute approximate surface area is 162 Å². The Kier molecular flexibility index (Phi) is 6.83. The highest BCUT2D eigenvalue weighted by Crippen LogP contribution is 2.17. The Morgan fingerprint density at radius 1 is 1.07 bits per heavy atom. The number of nitrogens with one attached hydrogen (secondary N) is 2. The number of ether oxygens (including phenoxy) is 1. The number of hydrogen-bond acceptors (Lipinski definition) is 7. The predicted octanol–water partition coefficient (Wildman–Crippen LogP) is 1.95. The molecule has 0 saturated carbocycles. The van der Waals surface area contributed by atoms with Crippen LogP contribution >= 0.6 is 0 Å². The van der Waals surface area contributed by atoms with E-state index in [-0.39, 0.29) is 17.5 Å². The number of benzene rings is 1. The van der Waals surface area contributed by atoms with E-state index in [1.165, 1.54) is 24.3 Å². The quantitative estimate of drug-likeness (QED) is 0.533. The minimum absolute atomic E-state index is 0.0148. The Morgan fingerprint density at radius 2 is 1.68 bits per heavy atom. The van der Waals surface area contributed by atoms with Gasteiger partial charge in [-0.1, -0.05) is 0 Å². The minimum Gasteiger partial charge on any atom is -0.463 e. The van der Waals surface area contributed by atoms with E-state index in [0.29, 0.717) is 17.1 Å². The SMILES string of the molecule is CCOC(=O)/C=C/C(=O)Nc1ccc(S(=O)(=O)Nc2nc(C)cc(C)n2)cc1. The van der Waals surface area contributed by atoms with Crippen LogP contribution in [0, 0.1) is 13.8 Å². The Balaban J connectivity index is 2.06. The van der Waals surface area contributed by atoms with Gasteiger partial charge < -0.3 is 10.1 Å². The summed E-state index contributed by atoms with van der Waals surface area (Å²) in [4.78, 5) is 31.0. The highest BCUT2D eigenvalue weighted by Gasteiger charge is 2.16. The van der Waals surface area contributed by atoms with Crippen LogP contribution in [0.3, 0.4) is 0 Å². The first-order valence-electron chi connectivity index (χ1n) is 8.30. The number of carbonyl (C=O) groups is 2. The second-order valence-corrected chi connectivity index (χ2v) is 7.36. The summed E-state index contributed by atoms with van der Waals surface area (Å²) in [5.41, 5.74) is 1.64. The molecule has 0 radical (unpaired) electrons. The molecule has 9 nitrogen and oxygen atoms in total. The molecule has 0 bridgehead atoms. The first-order valence-corrected chi connectivity index (χ1v) is 9.79. The fourth-order valence-electron chi connectivity index (χ4n) is 2.19. The molecule has 1 heterocycles. The van der Waals surface area contributed by atoms with Crippen molar-refractivity contribution in [2.45, 2.75) is 25.7 Å². The fraction of sp³-hybridized carbons (Fsp3) is 0.222. The van der Waals surface area contributed by atoms with Gasteiger partial charge in [-0.25, -0.2) is 27.9 Å². The third-order valence-electron chi connectivity index (χ3n) is 3.30. The molecule has 148 valence electrons. The third kappa shape index (κ3) is 6.16. The molecule has 0 aliphatic carbocycles. The molecule has 0 aliphatic rings. The molecule has 2 aromatic rings. The van der Waals surface area contributed by atoms with Gasteiger partial charge in [0.1, 0.15) is 0 Å². The van der Waals surface area contributed by atoms with Crippen molar-refractivity contribution >= 4 is 33.5 Å². The van der Waals surface area contributed by atoms with Crippen LogP contribution in [0.5, 0.6) is 0 Å². The van der Waals surface area contributed by atoms with Gasteiger partial charge in [0.15, 0.2) is 0 Å². The van der Waals surface area contributed by atoms with Crippen molar-refractivity contribution < 1.29 is 22.7 Å². The number of aryl methyl sites for hydroxylation is 2. The molecule has 1 aromatic carbocycles. The zero-order valence-electron chi connectivity index (χ0n) is 15.6. The molecular formula is C18H20N4O5S. The highest BCUT2D eigenvalue weighted by molar-refractivity contribution is 7.92. The summed E-state index contributed by atoms with van der Waals surface area (Å²) in [6, 6.07) is 7.23. The van der Waals surface area contributed by atoms with Gasteiger partial charge in [-0.2, -0.15) is 0 Å². The topological polar surface area (TPSA) is 127 Å². The van der Waals surface area contributed by atoms with Crippen molar-refractivity contribution in [1.82, 2.24) is 9.97 Å². The monoisotopic (exact) mass is 404 g/mol. The number of esters is 1. The first kappa shape index (κ1) is 21.0. The second-order valence-electron chi connectivity index (χ2n) is 5.68. The Morgan fingerprint density at radius 3 is 2.25 bits per heavy atom. The van der Waals surface area contributed by atoms with E-state index in [2.05, 4.69) is 24.7 Å². The van der Waals surface area contributed by atoms with Crippen molar-refractivity contribution in [2.75, 3.05) is 16.6 Å². The van der Waals surface area contributed by atoms with E-state index in [4.69, 9.17) is 0 Å². The lowest BCUT2D eigenvalue weighted by Crippen LogP contribution is -2.16. The molecule has 0 unspecified atom stereocenters. The third-order valence-corrected chi connectivity index (χ3v) is 4.64. The highest BCUT2D eigenvalue weighted by atomic mass is 32.2. The van der Waals surface area contributed by atoms with Crippen molar-refractivity contribution in [1.29, 1.82) is 0 Å². The van der Waals surface area contributed by atoms with Crippen LogP contribution in [-0.4, -0.2) is 36.9 Å². The number of amides is 1. The van der Waals surface area contributed by atoms with E-state index in [1.807, 2.05) is 0 Å². The molecule has 1 aromatic heterocycles. The zero-order chi connectivity index (χ0) is 20.7. The molecular weight excluding hydrogens is 384 g/mol.